The van der Waals surface area contributed by atoms with Crippen molar-refractivity contribution in [1.29, 1.82) is 0 Å². The van der Waals surface area contributed by atoms with E-state index in [0.717, 1.165) is 23.4 Å². The van der Waals surface area contributed by atoms with Crippen molar-refractivity contribution < 1.29 is 18.0 Å². The molecule has 0 spiro atoms. The van der Waals surface area contributed by atoms with E-state index in [4.69, 9.17) is 0 Å². The smallest absolute Gasteiger partial charge is 0.362 e. The van der Waals surface area contributed by atoms with E-state index in [1.54, 1.807) is 43.1 Å². The molecular formula is C24H21F3N6O. The van der Waals surface area contributed by atoms with Gasteiger partial charge in [-0.25, -0.2) is 9.97 Å². The minimum Gasteiger partial charge on any atom is -0.362 e. The third-order valence-corrected chi connectivity index (χ3v) is 5.15. The van der Waals surface area contributed by atoms with Crippen molar-refractivity contribution in [3.05, 3.63) is 95.8 Å². The lowest BCUT2D eigenvalue weighted by Gasteiger charge is -2.17. The molecule has 0 radical (unpaired) electrons. The minimum atomic E-state index is -4.52. The first-order valence-corrected chi connectivity index (χ1v) is 10.4. The Hall–Kier alpha value is -4.21. The fourth-order valence-corrected chi connectivity index (χ4v) is 3.37. The van der Waals surface area contributed by atoms with Gasteiger partial charge in [0.1, 0.15) is 12.1 Å². The third kappa shape index (κ3) is 5.22. The van der Waals surface area contributed by atoms with Crippen LogP contribution in [-0.2, 0) is 6.18 Å². The number of anilines is 2. The summed E-state index contributed by atoms with van der Waals surface area (Å²) in [7, 11) is 0. The molecule has 0 saturated heterocycles. The van der Waals surface area contributed by atoms with Gasteiger partial charge in [0, 0.05) is 23.1 Å². The van der Waals surface area contributed by atoms with Crippen LogP contribution in [0.15, 0.2) is 73.4 Å². The van der Waals surface area contributed by atoms with Crippen LogP contribution in [0, 0.1) is 6.92 Å². The molecule has 4 rings (SSSR count). The predicted octanol–water partition coefficient (Wildman–Crippen LogP) is 5.41. The van der Waals surface area contributed by atoms with Crippen molar-refractivity contribution in [3.8, 4) is 5.82 Å². The lowest BCUT2D eigenvalue weighted by molar-refractivity contribution is -0.137. The summed E-state index contributed by atoms with van der Waals surface area (Å²) >= 11 is 0. The third-order valence-electron chi connectivity index (χ3n) is 5.15. The number of aryl methyl sites for hydroxylation is 1. The molecule has 0 bridgehead atoms. The molecule has 1 atom stereocenters. The Morgan fingerprint density at radius 2 is 1.82 bits per heavy atom. The Labute approximate surface area is 193 Å². The normalized spacial score (nSPS) is 12.3. The molecule has 1 amide bonds. The Morgan fingerprint density at radius 3 is 2.56 bits per heavy atom. The molecule has 10 heteroatoms. The number of nitrogens with one attached hydrogen (secondary N) is 2. The molecule has 0 aliphatic carbocycles. The number of nitrogens with zero attached hydrogens (tertiary/aromatic N) is 4. The van der Waals surface area contributed by atoms with E-state index in [1.807, 2.05) is 24.5 Å². The molecule has 0 fully saturated rings. The Morgan fingerprint density at radius 1 is 1.03 bits per heavy atom. The minimum absolute atomic E-state index is 0.0757. The molecule has 0 saturated carbocycles. The summed E-state index contributed by atoms with van der Waals surface area (Å²) in [5.41, 5.74) is 1.27. The molecule has 2 heterocycles. The molecule has 7 nitrogen and oxygen atoms in total. The number of halogens is 3. The van der Waals surface area contributed by atoms with Gasteiger partial charge in [-0.2, -0.15) is 13.2 Å². The maximum absolute atomic E-state index is 13.0. The van der Waals surface area contributed by atoms with E-state index in [-0.39, 0.29) is 11.6 Å². The summed E-state index contributed by atoms with van der Waals surface area (Å²) < 4.78 is 40.7. The monoisotopic (exact) mass is 466 g/mol. The summed E-state index contributed by atoms with van der Waals surface area (Å²) in [6.07, 6.45) is 2.10. The van der Waals surface area contributed by atoms with Crippen molar-refractivity contribution in [2.75, 3.05) is 10.6 Å². The number of carbonyl (C=O) groups is 1. The first-order valence-electron chi connectivity index (χ1n) is 10.4. The van der Waals surface area contributed by atoms with Crippen LogP contribution in [0.25, 0.3) is 5.82 Å². The van der Waals surface area contributed by atoms with Gasteiger partial charge in [0.15, 0.2) is 5.82 Å². The number of benzene rings is 2. The Bertz CT molecular complexity index is 1320. The lowest BCUT2D eigenvalue weighted by atomic mass is 10.1. The highest BCUT2D eigenvalue weighted by atomic mass is 19.4. The first kappa shape index (κ1) is 23.0. The number of hydrogen-bond donors (Lipinski definition) is 2. The first-order chi connectivity index (χ1) is 16.2. The van der Waals surface area contributed by atoms with Gasteiger partial charge >= 0.3 is 6.18 Å². The van der Waals surface area contributed by atoms with E-state index in [1.165, 1.54) is 12.1 Å². The fraction of sp³-hybridized carbons (Fsp3) is 0.167. The van der Waals surface area contributed by atoms with E-state index in [2.05, 4.69) is 25.6 Å². The van der Waals surface area contributed by atoms with Crippen LogP contribution < -0.4 is 10.6 Å². The largest absolute Gasteiger partial charge is 0.416 e. The van der Waals surface area contributed by atoms with Crippen LogP contribution >= 0.6 is 0 Å². The summed E-state index contributed by atoms with van der Waals surface area (Å²) in [5, 5.41) is 5.93. The zero-order valence-electron chi connectivity index (χ0n) is 18.3. The van der Waals surface area contributed by atoms with Gasteiger partial charge in [0.25, 0.3) is 5.91 Å². The summed E-state index contributed by atoms with van der Waals surface area (Å²) in [6.45, 7) is 3.83. The highest BCUT2D eigenvalue weighted by molar-refractivity contribution is 6.04. The Kier molecular flexibility index (Phi) is 6.31. The summed E-state index contributed by atoms with van der Waals surface area (Å²) in [6, 6.07) is 11.2. The van der Waals surface area contributed by atoms with Gasteiger partial charge < -0.3 is 10.6 Å². The highest BCUT2D eigenvalue weighted by Crippen LogP contribution is 2.30. The zero-order chi connectivity index (χ0) is 24.3. The average Bonchev–Trinajstić information content (AvgIpc) is 3.25. The second-order valence-corrected chi connectivity index (χ2v) is 7.69. The van der Waals surface area contributed by atoms with Gasteiger partial charge in [0.2, 0.25) is 0 Å². The maximum Gasteiger partial charge on any atom is 0.416 e. The molecule has 34 heavy (non-hydrogen) atoms. The van der Waals surface area contributed by atoms with Gasteiger partial charge in [0.05, 0.1) is 24.0 Å². The Balaban J connectivity index is 1.47. The number of rotatable bonds is 6. The number of amides is 1. The van der Waals surface area contributed by atoms with Gasteiger partial charge in [-0.15, -0.1) is 0 Å². The van der Waals surface area contributed by atoms with E-state index in [9.17, 15) is 18.0 Å². The van der Waals surface area contributed by atoms with Crippen LogP contribution in [0.3, 0.4) is 0 Å². The predicted molar refractivity (Wildman–Crippen MR) is 122 cm³/mol. The van der Waals surface area contributed by atoms with Gasteiger partial charge in [-0.1, -0.05) is 18.2 Å². The van der Waals surface area contributed by atoms with Crippen LogP contribution in [0.2, 0.25) is 0 Å². The molecule has 2 N–H and O–H groups in total. The molecule has 4 aromatic rings. The van der Waals surface area contributed by atoms with Crippen molar-refractivity contribution in [2.45, 2.75) is 26.1 Å². The number of alkyl halides is 3. The quantitative estimate of drug-likeness (QED) is 0.397. The van der Waals surface area contributed by atoms with Crippen LogP contribution in [0.1, 0.15) is 40.1 Å². The van der Waals surface area contributed by atoms with E-state index >= 15 is 0 Å². The average molecular weight is 466 g/mol. The molecule has 0 aliphatic rings. The van der Waals surface area contributed by atoms with Crippen LogP contribution in [0.4, 0.5) is 24.7 Å². The number of aromatic nitrogens is 4. The second-order valence-electron chi connectivity index (χ2n) is 7.69. The topological polar surface area (TPSA) is 84.7 Å². The molecule has 2 aromatic heterocycles. The zero-order valence-corrected chi connectivity index (χ0v) is 18.3. The number of imidazole rings is 1. The van der Waals surface area contributed by atoms with Crippen LogP contribution in [-0.4, -0.2) is 25.4 Å². The van der Waals surface area contributed by atoms with Crippen LogP contribution in [0.5, 0.6) is 0 Å². The lowest BCUT2D eigenvalue weighted by Crippen LogP contribution is -2.14. The molecule has 174 valence electrons. The van der Waals surface area contributed by atoms with Gasteiger partial charge in [-0.05, 0) is 49.7 Å². The van der Waals surface area contributed by atoms with Crippen molar-refractivity contribution in [1.82, 2.24) is 19.5 Å². The van der Waals surface area contributed by atoms with Crippen molar-refractivity contribution >= 4 is 17.4 Å². The van der Waals surface area contributed by atoms with Gasteiger partial charge in [-0.3, -0.25) is 14.3 Å². The number of hydrogen-bond acceptors (Lipinski definition) is 5. The second kappa shape index (κ2) is 9.34. The van der Waals surface area contributed by atoms with Crippen molar-refractivity contribution in [2.24, 2.45) is 0 Å². The fourth-order valence-electron chi connectivity index (χ4n) is 3.37. The number of carbonyl (C=O) groups excluding carboxylic acids is 1. The molecule has 0 aliphatic heterocycles. The summed E-state index contributed by atoms with van der Waals surface area (Å²) in [5.74, 6) is 0.545. The maximum atomic E-state index is 13.0. The van der Waals surface area contributed by atoms with Crippen molar-refractivity contribution in [3.63, 3.8) is 0 Å². The molecular weight excluding hydrogens is 445 g/mol. The SMILES string of the molecule is Cc1cncn1-c1cncc(N[C@@H](C)c2cccc(NC(=O)c3cccc(C(F)(F)F)c3)c2)n1. The molecule has 0 unspecified atom stereocenters. The highest BCUT2D eigenvalue weighted by Gasteiger charge is 2.30. The standard InChI is InChI=1S/C24H21F3N6O/c1-15-11-29-14-33(15)22-13-28-12-21(32-22)30-16(2)17-5-4-8-20(10-17)31-23(34)18-6-3-7-19(9-18)24(25,26)27/h3-14,16H,1-2H3,(H,30,32)(H,31,34)/t16-/m0/s1. The summed E-state index contributed by atoms with van der Waals surface area (Å²) in [4.78, 5) is 25.4. The molecule has 2 aromatic carbocycles. The van der Waals surface area contributed by atoms with E-state index in [0.29, 0.717) is 17.3 Å². The van der Waals surface area contributed by atoms with E-state index < -0.39 is 17.6 Å².